The lowest BCUT2D eigenvalue weighted by atomic mass is 10.1. The second-order valence-corrected chi connectivity index (χ2v) is 8.07. The molecule has 0 radical (unpaired) electrons. The molecule has 0 saturated carbocycles. The summed E-state index contributed by atoms with van der Waals surface area (Å²) in [5, 5.41) is 0. The van der Waals surface area contributed by atoms with Crippen molar-refractivity contribution in [3.8, 4) is 0 Å². The van der Waals surface area contributed by atoms with Crippen molar-refractivity contribution in [3.05, 3.63) is 59.5 Å². The van der Waals surface area contributed by atoms with Crippen molar-refractivity contribution < 1.29 is 23.6 Å². The van der Waals surface area contributed by atoms with E-state index >= 15 is 0 Å². The van der Waals surface area contributed by atoms with Gasteiger partial charge in [-0.15, -0.1) is 0 Å². The van der Waals surface area contributed by atoms with Gasteiger partial charge in [0.2, 0.25) is 0 Å². The summed E-state index contributed by atoms with van der Waals surface area (Å²) in [6.45, 7) is 10.4. The number of carbonyl (C=O) groups excluding carboxylic acids is 2. The van der Waals surface area contributed by atoms with Crippen molar-refractivity contribution in [1.82, 2.24) is 4.90 Å². The maximum atomic E-state index is 13.2. The molecule has 1 unspecified atom stereocenters. The smallest absolute Gasteiger partial charge is 0.361 e. The van der Waals surface area contributed by atoms with Gasteiger partial charge in [-0.1, -0.05) is 44.2 Å². The van der Waals surface area contributed by atoms with Crippen LogP contribution >= 0.6 is 0 Å². The van der Waals surface area contributed by atoms with Crippen molar-refractivity contribution in [2.45, 2.75) is 40.7 Å². The van der Waals surface area contributed by atoms with Crippen molar-refractivity contribution in [2.75, 3.05) is 32.8 Å². The lowest BCUT2D eigenvalue weighted by molar-refractivity contribution is -0.887. The van der Waals surface area contributed by atoms with Gasteiger partial charge in [0.05, 0.1) is 19.7 Å². The average molecular weight is 416 g/mol. The molecule has 0 bridgehead atoms. The number of ether oxygens (including phenoxy) is 1. The van der Waals surface area contributed by atoms with Crippen molar-refractivity contribution in [3.63, 3.8) is 0 Å². The Kier molecular flexibility index (Phi) is 9.61. The fraction of sp³-hybridized carbons (Fsp3) is 0.500. The number of hydrogen-bond acceptors (Lipinski definition) is 4. The zero-order valence-electron chi connectivity index (χ0n) is 18.6. The molecule has 1 heterocycles. The van der Waals surface area contributed by atoms with E-state index in [1.54, 1.807) is 6.92 Å². The highest BCUT2D eigenvalue weighted by Crippen LogP contribution is 2.11. The first-order valence-electron chi connectivity index (χ1n) is 10.7. The lowest BCUT2D eigenvalue weighted by Gasteiger charge is -2.25. The van der Waals surface area contributed by atoms with Gasteiger partial charge >= 0.3 is 5.97 Å². The Morgan fingerprint density at radius 2 is 1.83 bits per heavy atom. The van der Waals surface area contributed by atoms with E-state index in [0.29, 0.717) is 25.6 Å². The monoisotopic (exact) mass is 415 g/mol. The lowest BCUT2D eigenvalue weighted by Crippen LogP contribution is -3.14. The number of aryl methyl sites for hydroxylation is 1. The van der Waals surface area contributed by atoms with Gasteiger partial charge in [-0.25, -0.2) is 4.79 Å². The molecule has 1 aromatic carbocycles. The number of furan rings is 1. The summed E-state index contributed by atoms with van der Waals surface area (Å²) >= 11 is 0. The minimum atomic E-state index is -0.265. The van der Waals surface area contributed by atoms with E-state index in [1.807, 2.05) is 42.2 Å². The molecule has 1 atom stereocenters. The second-order valence-electron chi connectivity index (χ2n) is 8.07. The third kappa shape index (κ3) is 8.41. The minimum absolute atomic E-state index is 0.0138. The zero-order valence-corrected chi connectivity index (χ0v) is 18.6. The maximum Gasteiger partial charge on any atom is 0.361 e. The molecular weight excluding hydrogens is 380 g/mol. The molecule has 0 aliphatic carbocycles. The third-order valence-corrected chi connectivity index (χ3v) is 4.81. The first kappa shape index (κ1) is 23.7. The standard InChI is InChI=1S/C24H34N2O4/c1-5-29-24(28)18-25(15-19(2)3)17-23(27)26(16-22-12-11-20(4)30-22)14-13-21-9-7-6-8-10-21/h6-12,19H,5,13-18H2,1-4H3/p+1. The summed E-state index contributed by atoms with van der Waals surface area (Å²) in [6.07, 6.45) is 0.768. The number of carbonyl (C=O) groups is 2. The van der Waals surface area contributed by atoms with E-state index in [2.05, 4.69) is 26.0 Å². The van der Waals surface area contributed by atoms with Crippen LogP contribution in [0.3, 0.4) is 0 Å². The highest BCUT2D eigenvalue weighted by Gasteiger charge is 2.24. The summed E-state index contributed by atoms with van der Waals surface area (Å²) in [6, 6.07) is 14.0. The number of benzene rings is 1. The Balaban J connectivity index is 2.08. The number of rotatable bonds is 12. The van der Waals surface area contributed by atoms with Gasteiger partial charge in [0.1, 0.15) is 11.5 Å². The molecule has 1 aromatic heterocycles. The number of nitrogens with zero attached hydrogens (tertiary/aromatic N) is 1. The van der Waals surface area contributed by atoms with Crippen LogP contribution in [0.4, 0.5) is 0 Å². The van der Waals surface area contributed by atoms with Crippen LogP contribution in [-0.4, -0.2) is 49.6 Å². The summed E-state index contributed by atoms with van der Waals surface area (Å²) in [5.74, 6) is 1.71. The molecule has 6 heteroatoms. The largest absolute Gasteiger partial charge is 0.464 e. The van der Waals surface area contributed by atoms with Gasteiger partial charge in [0.25, 0.3) is 5.91 Å². The van der Waals surface area contributed by atoms with E-state index in [4.69, 9.17) is 9.15 Å². The first-order valence-corrected chi connectivity index (χ1v) is 10.7. The Bertz CT molecular complexity index is 786. The molecule has 6 nitrogen and oxygen atoms in total. The minimum Gasteiger partial charge on any atom is -0.464 e. The molecule has 0 saturated heterocycles. The van der Waals surface area contributed by atoms with Crippen molar-refractivity contribution in [1.29, 1.82) is 0 Å². The van der Waals surface area contributed by atoms with Crippen LogP contribution in [0, 0.1) is 12.8 Å². The average Bonchev–Trinajstić information content (AvgIpc) is 3.10. The topological polar surface area (TPSA) is 64.2 Å². The zero-order chi connectivity index (χ0) is 21.9. The fourth-order valence-electron chi connectivity index (χ4n) is 3.48. The van der Waals surface area contributed by atoms with Gasteiger partial charge in [-0.2, -0.15) is 0 Å². The Labute approximate surface area is 179 Å². The van der Waals surface area contributed by atoms with E-state index < -0.39 is 0 Å². The molecule has 164 valence electrons. The molecule has 1 N–H and O–H groups in total. The third-order valence-electron chi connectivity index (χ3n) is 4.81. The van der Waals surface area contributed by atoms with E-state index in [1.165, 1.54) is 5.56 Å². The van der Waals surface area contributed by atoms with Crippen LogP contribution in [-0.2, 0) is 27.3 Å². The van der Waals surface area contributed by atoms with Gasteiger partial charge in [0.15, 0.2) is 13.1 Å². The fourth-order valence-corrected chi connectivity index (χ4v) is 3.48. The molecule has 2 rings (SSSR count). The highest BCUT2D eigenvalue weighted by molar-refractivity contribution is 5.77. The van der Waals surface area contributed by atoms with Crippen LogP contribution in [0.25, 0.3) is 0 Å². The normalized spacial score (nSPS) is 12.0. The Morgan fingerprint density at radius 1 is 1.10 bits per heavy atom. The summed E-state index contributed by atoms with van der Waals surface area (Å²) in [7, 11) is 0. The van der Waals surface area contributed by atoms with Crippen LogP contribution in [0.2, 0.25) is 0 Å². The van der Waals surface area contributed by atoms with Crippen LogP contribution < -0.4 is 4.90 Å². The van der Waals surface area contributed by atoms with E-state index in [-0.39, 0.29) is 25.0 Å². The summed E-state index contributed by atoms with van der Waals surface area (Å²) in [4.78, 5) is 28.0. The maximum absolute atomic E-state index is 13.2. The van der Waals surface area contributed by atoms with Crippen molar-refractivity contribution >= 4 is 11.9 Å². The van der Waals surface area contributed by atoms with E-state index in [9.17, 15) is 9.59 Å². The number of amides is 1. The van der Waals surface area contributed by atoms with Gasteiger partial charge in [-0.3, -0.25) is 4.79 Å². The molecule has 0 aliphatic rings. The highest BCUT2D eigenvalue weighted by atomic mass is 16.5. The molecule has 0 aliphatic heterocycles. The molecule has 1 amide bonds. The number of quaternary nitrogens is 1. The predicted molar refractivity (Wildman–Crippen MR) is 116 cm³/mol. The van der Waals surface area contributed by atoms with Gasteiger partial charge < -0.3 is 19.0 Å². The molecule has 0 spiro atoms. The number of hydrogen-bond donors (Lipinski definition) is 1. The number of esters is 1. The quantitative estimate of drug-likeness (QED) is 0.540. The molecular formula is C24H35N2O4+. The molecule has 0 fully saturated rings. The molecule has 30 heavy (non-hydrogen) atoms. The Morgan fingerprint density at radius 3 is 2.43 bits per heavy atom. The molecule has 2 aromatic rings. The Hall–Kier alpha value is -2.60. The van der Waals surface area contributed by atoms with Crippen LogP contribution in [0.15, 0.2) is 46.9 Å². The van der Waals surface area contributed by atoms with Gasteiger partial charge in [-0.05, 0) is 38.0 Å². The summed E-state index contributed by atoms with van der Waals surface area (Å²) < 4.78 is 10.8. The van der Waals surface area contributed by atoms with Gasteiger partial charge in [0, 0.05) is 12.5 Å². The summed E-state index contributed by atoms with van der Waals surface area (Å²) in [5.41, 5.74) is 1.18. The van der Waals surface area contributed by atoms with Crippen molar-refractivity contribution in [2.24, 2.45) is 5.92 Å². The van der Waals surface area contributed by atoms with E-state index in [0.717, 1.165) is 29.4 Å². The predicted octanol–water partition coefficient (Wildman–Crippen LogP) is 2.26. The van der Waals surface area contributed by atoms with Crippen LogP contribution in [0.1, 0.15) is 37.9 Å². The first-order chi connectivity index (χ1) is 14.4. The second kappa shape index (κ2) is 12.2. The van der Waals surface area contributed by atoms with Crippen LogP contribution in [0.5, 0.6) is 0 Å². The SMILES string of the molecule is CCOC(=O)C[NH+](CC(=O)N(CCc1ccccc1)Cc1ccc(C)o1)CC(C)C. The number of nitrogens with one attached hydrogen (secondary N) is 1.